The Labute approximate surface area is 273 Å². The Morgan fingerprint density at radius 2 is 0.979 bits per heavy atom. The smallest absolute Gasteiger partial charge is 0.161 e. The van der Waals surface area contributed by atoms with Crippen LogP contribution in [0.4, 0.5) is 17.1 Å². The minimum atomic E-state index is 0.852. The second-order valence-corrected chi connectivity index (χ2v) is 11.8. The minimum Gasteiger partial charge on any atom is -0.451 e. The topological polar surface area (TPSA) is 21.3 Å². The monoisotopic (exact) mass is 602 g/mol. The summed E-state index contributed by atoms with van der Waals surface area (Å²) >= 11 is 0. The SMILES string of the molecule is c1ccc(-c2ccc(N(c3cccc(-c4ccccc4)c3)c3cccc4c3oc3c5ccccc5n(-c5ccccc5)c43)cc2)cc1. The zero-order valence-electron chi connectivity index (χ0n) is 25.6. The summed E-state index contributed by atoms with van der Waals surface area (Å²) in [4.78, 5) is 2.32. The van der Waals surface area contributed by atoms with Crippen LogP contribution >= 0.6 is 0 Å². The molecule has 0 amide bonds. The molecule has 0 bridgehead atoms. The summed E-state index contributed by atoms with van der Waals surface area (Å²) < 4.78 is 9.30. The fourth-order valence-electron chi connectivity index (χ4n) is 6.81. The van der Waals surface area contributed by atoms with Gasteiger partial charge in [-0.05, 0) is 82.9 Å². The van der Waals surface area contributed by atoms with E-state index in [1.165, 1.54) is 16.7 Å². The molecule has 222 valence electrons. The molecule has 2 heterocycles. The van der Waals surface area contributed by atoms with E-state index in [0.717, 1.165) is 61.3 Å². The van der Waals surface area contributed by atoms with Crippen molar-refractivity contribution < 1.29 is 4.42 Å². The summed E-state index contributed by atoms with van der Waals surface area (Å²) in [5.74, 6) is 0. The van der Waals surface area contributed by atoms with Crippen LogP contribution in [-0.2, 0) is 0 Å². The van der Waals surface area contributed by atoms with Gasteiger partial charge in [-0.3, -0.25) is 0 Å². The molecule has 0 spiro atoms. The first-order valence-corrected chi connectivity index (χ1v) is 15.9. The normalized spacial score (nSPS) is 11.4. The average Bonchev–Trinajstić information content (AvgIpc) is 3.69. The molecule has 0 unspecified atom stereocenters. The number of rotatable bonds is 6. The van der Waals surface area contributed by atoms with Gasteiger partial charge in [0.15, 0.2) is 11.2 Å². The molecule has 3 nitrogen and oxygen atoms in total. The zero-order valence-corrected chi connectivity index (χ0v) is 25.6. The zero-order chi connectivity index (χ0) is 31.2. The molecule has 47 heavy (non-hydrogen) atoms. The largest absolute Gasteiger partial charge is 0.451 e. The van der Waals surface area contributed by atoms with E-state index in [2.05, 4.69) is 191 Å². The van der Waals surface area contributed by atoms with Crippen LogP contribution in [-0.4, -0.2) is 4.57 Å². The number of aromatic nitrogens is 1. The number of para-hydroxylation sites is 3. The first kappa shape index (κ1) is 27.0. The number of fused-ring (bicyclic) bond motifs is 5. The van der Waals surface area contributed by atoms with Gasteiger partial charge in [-0.2, -0.15) is 0 Å². The van der Waals surface area contributed by atoms with Crippen LogP contribution in [0.15, 0.2) is 186 Å². The number of benzene rings is 7. The van der Waals surface area contributed by atoms with Crippen LogP contribution < -0.4 is 4.90 Å². The molecule has 0 saturated heterocycles. The van der Waals surface area contributed by atoms with E-state index in [1.807, 2.05) is 0 Å². The van der Waals surface area contributed by atoms with Crippen molar-refractivity contribution in [3.05, 3.63) is 182 Å². The van der Waals surface area contributed by atoms with E-state index in [4.69, 9.17) is 4.42 Å². The maximum atomic E-state index is 6.97. The highest BCUT2D eigenvalue weighted by Gasteiger charge is 2.24. The van der Waals surface area contributed by atoms with Gasteiger partial charge >= 0.3 is 0 Å². The predicted molar refractivity (Wildman–Crippen MR) is 196 cm³/mol. The van der Waals surface area contributed by atoms with Crippen LogP contribution in [0, 0.1) is 0 Å². The molecule has 9 rings (SSSR count). The Morgan fingerprint density at radius 1 is 0.404 bits per heavy atom. The van der Waals surface area contributed by atoms with Gasteiger partial charge in [-0.15, -0.1) is 0 Å². The second kappa shape index (κ2) is 11.2. The van der Waals surface area contributed by atoms with E-state index in [1.54, 1.807) is 0 Å². The van der Waals surface area contributed by atoms with Gasteiger partial charge in [0.25, 0.3) is 0 Å². The van der Waals surface area contributed by atoms with Crippen molar-refractivity contribution in [2.24, 2.45) is 0 Å². The van der Waals surface area contributed by atoms with Gasteiger partial charge < -0.3 is 13.9 Å². The number of anilines is 3. The van der Waals surface area contributed by atoms with Gasteiger partial charge in [0, 0.05) is 27.8 Å². The molecule has 0 aliphatic rings. The van der Waals surface area contributed by atoms with E-state index < -0.39 is 0 Å². The van der Waals surface area contributed by atoms with Gasteiger partial charge in [0.05, 0.1) is 11.2 Å². The maximum absolute atomic E-state index is 6.97. The molecule has 0 aliphatic heterocycles. The highest BCUT2D eigenvalue weighted by atomic mass is 16.3. The first-order chi connectivity index (χ1) is 23.3. The summed E-state index contributed by atoms with van der Waals surface area (Å²) in [6.45, 7) is 0. The lowest BCUT2D eigenvalue weighted by Gasteiger charge is -2.26. The summed E-state index contributed by atoms with van der Waals surface area (Å²) in [7, 11) is 0. The summed E-state index contributed by atoms with van der Waals surface area (Å²) in [6, 6.07) is 64.2. The summed E-state index contributed by atoms with van der Waals surface area (Å²) in [6.07, 6.45) is 0. The lowest BCUT2D eigenvalue weighted by molar-refractivity contribution is 0.673. The molecular weight excluding hydrogens is 572 g/mol. The van der Waals surface area contributed by atoms with E-state index in [0.29, 0.717) is 0 Å². The standard InChI is InChI=1S/C44H30N2O/c1-4-14-31(15-5-1)33-26-28-36(29-27-33)45(37-21-12-18-34(30-37)32-16-6-2-7-17-32)41-25-13-23-39-42-44(47-43(39)41)38-22-10-11-24-40(38)46(42)35-19-8-3-9-20-35/h1-30H. The van der Waals surface area contributed by atoms with Crippen LogP contribution in [0.1, 0.15) is 0 Å². The third-order valence-electron chi connectivity index (χ3n) is 8.98. The number of nitrogens with zero attached hydrogens (tertiary/aromatic N) is 2. The van der Waals surface area contributed by atoms with Crippen LogP contribution in [0.2, 0.25) is 0 Å². The fraction of sp³-hybridized carbons (Fsp3) is 0. The highest BCUT2D eigenvalue weighted by molar-refractivity contribution is 6.18. The van der Waals surface area contributed by atoms with Crippen molar-refractivity contribution >= 4 is 50.0 Å². The van der Waals surface area contributed by atoms with Crippen LogP contribution in [0.3, 0.4) is 0 Å². The van der Waals surface area contributed by atoms with Crippen LogP contribution in [0.25, 0.3) is 60.9 Å². The Morgan fingerprint density at radius 3 is 1.72 bits per heavy atom. The van der Waals surface area contributed by atoms with Gasteiger partial charge in [0.2, 0.25) is 0 Å². The quantitative estimate of drug-likeness (QED) is 0.189. The molecule has 9 aromatic rings. The van der Waals surface area contributed by atoms with Crippen molar-refractivity contribution in [3.63, 3.8) is 0 Å². The third kappa shape index (κ3) is 4.60. The Hall–Kier alpha value is -6.32. The number of furan rings is 1. The van der Waals surface area contributed by atoms with E-state index in [9.17, 15) is 0 Å². The van der Waals surface area contributed by atoms with Crippen molar-refractivity contribution in [2.75, 3.05) is 4.90 Å². The van der Waals surface area contributed by atoms with Crippen molar-refractivity contribution in [2.45, 2.75) is 0 Å². The lowest BCUT2D eigenvalue weighted by atomic mass is 10.0. The molecule has 0 aliphatic carbocycles. The summed E-state index contributed by atoms with van der Waals surface area (Å²) in [5, 5.41) is 2.17. The Balaban J connectivity index is 1.29. The molecular formula is C44H30N2O. The lowest BCUT2D eigenvalue weighted by Crippen LogP contribution is -2.10. The predicted octanol–water partition coefficient (Wildman–Crippen LogP) is 12.3. The van der Waals surface area contributed by atoms with Crippen molar-refractivity contribution in [3.8, 4) is 27.9 Å². The molecule has 0 fully saturated rings. The average molecular weight is 603 g/mol. The molecule has 3 heteroatoms. The number of hydrogen-bond donors (Lipinski definition) is 0. The van der Waals surface area contributed by atoms with Crippen molar-refractivity contribution in [1.82, 2.24) is 4.57 Å². The molecule has 0 atom stereocenters. The molecule has 0 saturated carbocycles. The molecule has 0 N–H and O–H groups in total. The highest BCUT2D eigenvalue weighted by Crippen LogP contribution is 2.46. The fourth-order valence-corrected chi connectivity index (χ4v) is 6.81. The van der Waals surface area contributed by atoms with Crippen LogP contribution in [0.5, 0.6) is 0 Å². The van der Waals surface area contributed by atoms with E-state index in [-0.39, 0.29) is 0 Å². The number of hydrogen-bond acceptors (Lipinski definition) is 2. The van der Waals surface area contributed by atoms with Gasteiger partial charge in [0.1, 0.15) is 5.52 Å². The molecule has 2 aromatic heterocycles. The third-order valence-corrected chi connectivity index (χ3v) is 8.98. The van der Waals surface area contributed by atoms with Gasteiger partial charge in [-0.25, -0.2) is 0 Å². The van der Waals surface area contributed by atoms with Crippen molar-refractivity contribution in [1.29, 1.82) is 0 Å². The second-order valence-electron chi connectivity index (χ2n) is 11.8. The molecule has 0 radical (unpaired) electrons. The Kier molecular flexibility index (Phi) is 6.46. The molecule has 7 aromatic carbocycles. The maximum Gasteiger partial charge on any atom is 0.161 e. The first-order valence-electron chi connectivity index (χ1n) is 15.9. The van der Waals surface area contributed by atoms with Gasteiger partial charge in [-0.1, -0.05) is 121 Å². The minimum absolute atomic E-state index is 0.852. The van der Waals surface area contributed by atoms with E-state index >= 15 is 0 Å². The Bertz CT molecular complexity index is 2490. The summed E-state index contributed by atoms with van der Waals surface area (Å²) in [5.41, 5.74) is 12.9.